The van der Waals surface area contributed by atoms with Crippen LogP contribution in [-0.2, 0) is 11.4 Å². The van der Waals surface area contributed by atoms with Gasteiger partial charge in [-0.1, -0.05) is 40.0 Å². The molecule has 5 heteroatoms. The normalized spacial score (nSPS) is 10.1. The summed E-state index contributed by atoms with van der Waals surface area (Å²) in [5.41, 5.74) is 0. The molecule has 17 heavy (non-hydrogen) atoms. The van der Waals surface area contributed by atoms with E-state index >= 15 is 0 Å². The molecule has 0 aromatic heterocycles. The van der Waals surface area contributed by atoms with Crippen molar-refractivity contribution in [3.8, 4) is 0 Å². The molecular formula is C12H28AlLiO3. The molecular weight excluding hydrogens is 226 g/mol. The number of hydrogen-bond acceptors (Lipinski definition) is 3. The fraction of sp³-hybridized carbons (Fsp3) is 1.00. The molecule has 0 fully saturated rings. The van der Waals surface area contributed by atoms with Crippen LogP contribution in [0.3, 0.4) is 0 Å². The van der Waals surface area contributed by atoms with Crippen LogP contribution in [0.1, 0.15) is 60.7 Å². The summed E-state index contributed by atoms with van der Waals surface area (Å²) in [6.07, 6.45) is 6.76. The second-order valence-corrected chi connectivity index (χ2v) is 5.54. The zero-order chi connectivity index (χ0) is 12.1. The van der Waals surface area contributed by atoms with Gasteiger partial charge in [0.05, 0.1) is 0 Å². The maximum Gasteiger partial charge on any atom is 1.00 e. The summed E-state index contributed by atoms with van der Waals surface area (Å²) in [7, 11) is 0. The van der Waals surface area contributed by atoms with Crippen molar-refractivity contribution in [2.75, 3.05) is 19.8 Å². The maximum absolute atomic E-state index is 5.67. The van der Waals surface area contributed by atoms with E-state index < -0.39 is 15.1 Å². The average molecular weight is 254 g/mol. The van der Waals surface area contributed by atoms with Gasteiger partial charge in [0.1, 0.15) is 0 Å². The Morgan fingerprint density at radius 3 is 1.24 bits per heavy atom. The first-order chi connectivity index (χ1) is 7.85. The van der Waals surface area contributed by atoms with E-state index in [0.29, 0.717) is 0 Å². The van der Waals surface area contributed by atoms with E-state index in [-0.39, 0.29) is 20.3 Å². The molecule has 0 aliphatic heterocycles. The Kier molecular flexibility index (Phi) is 20.3. The van der Waals surface area contributed by atoms with Gasteiger partial charge in [-0.15, -0.1) is 0 Å². The molecule has 0 aromatic rings. The third kappa shape index (κ3) is 15.0. The molecule has 0 unspecified atom stereocenters. The Balaban J connectivity index is -0.00000112. The first-order valence-corrected chi connectivity index (χ1v) is 8.11. The Morgan fingerprint density at radius 2 is 1.00 bits per heavy atom. The van der Waals surface area contributed by atoms with Crippen LogP contribution in [0.5, 0.6) is 0 Å². The summed E-state index contributed by atoms with van der Waals surface area (Å²) in [6, 6.07) is 0. The van der Waals surface area contributed by atoms with Gasteiger partial charge in [-0.2, -0.15) is 0 Å². The fourth-order valence-electron chi connectivity index (χ4n) is 1.12. The van der Waals surface area contributed by atoms with Crippen molar-refractivity contribution in [3.63, 3.8) is 0 Å². The topological polar surface area (TPSA) is 27.7 Å². The van der Waals surface area contributed by atoms with Gasteiger partial charge in [0.25, 0.3) is 0 Å². The van der Waals surface area contributed by atoms with Crippen molar-refractivity contribution in [2.24, 2.45) is 0 Å². The molecule has 0 aliphatic carbocycles. The van der Waals surface area contributed by atoms with Crippen LogP contribution in [0.2, 0.25) is 0 Å². The second kappa shape index (κ2) is 17.0. The summed E-state index contributed by atoms with van der Waals surface area (Å²) in [6.45, 7) is 8.84. The molecule has 0 aromatic carbocycles. The van der Waals surface area contributed by atoms with Crippen LogP contribution < -0.4 is 18.9 Å². The van der Waals surface area contributed by atoms with E-state index in [1.807, 2.05) is 0 Å². The molecule has 3 nitrogen and oxygen atoms in total. The smallest absolute Gasteiger partial charge is 1.00 e. The minimum atomic E-state index is -1.83. The van der Waals surface area contributed by atoms with Crippen LogP contribution in [0, 0.1) is 0 Å². The van der Waals surface area contributed by atoms with E-state index in [1.165, 1.54) is 0 Å². The third-order valence-electron chi connectivity index (χ3n) is 2.26. The van der Waals surface area contributed by atoms with Crippen molar-refractivity contribution < 1.29 is 31.7 Å². The summed E-state index contributed by atoms with van der Waals surface area (Å²) in [5.74, 6) is 0. The van der Waals surface area contributed by atoms with Crippen LogP contribution in [0.25, 0.3) is 0 Å². The second-order valence-electron chi connectivity index (χ2n) is 3.96. The molecule has 0 atom stereocenters. The molecule has 0 rings (SSSR count). The standard InChI is InChI=1S/3C4H9O.Al.Li.H/c3*1-2-3-4-5;;;/h3*2-4H2,1H3;;;/q3*-1;+3;+1;-1. The van der Waals surface area contributed by atoms with E-state index in [2.05, 4.69) is 20.8 Å². The Hall–Kier alpha value is 1.01. The van der Waals surface area contributed by atoms with E-state index in [0.717, 1.165) is 58.3 Å². The molecule has 0 bridgehead atoms. The molecule has 0 N–H and O–H groups in total. The van der Waals surface area contributed by atoms with Crippen molar-refractivity contribution in [1.29, 1.82) is 0 Å². The average Bonchev–Trinajstić information content (AvgIpc) is 2.29. The Labute approximate surface area is 126 Å². The van der Waals surface area contributed by atoms with E-state index in [9.17, 15) is 0 Å². The quantitative estimate of drug-likeness (QED) is 0.376. The SMILES string of the molecule is CCCC[O][Al]([O]CCCC)[O]CCCC.[H-].[Li+]. The van der Waals surface area contributed by atoms with Crippen LogP contribution in [-0.4, -0.2) is 35.0 Å². The molecule has 0 heterocycles. The first kappa shape index (κ1) is 20.3. The largest absolute Gasteiger partial charge is 1.00 e. The van der Waals surface area contributed by atoms with E-state index in [1.54, 1.807) is 0 Å². The van der Waals surface area contributed by atoms with Gasteiger partial charge in [0, 0.05) is 19.8 Å². The van der Waals surface area contributed by atoms with Gasteiger partial charge in [-0.05, 0) is 19.3 Å². The fourth-order valence-corrected chi connectivity index (χ4v) is 2.48. The van der Waals surface area contributed by atoms with Gasteiger partial charge in [-0.25, -0.2) is 0 Å². The summed E-state index contributed by atoms with van der Waals surface area (Å²) in [4.78, 5) is 0. The third-order valence-corrected chi connectivity index (χ3v) is 3.78. The van der Waals surface area contributed by atoms with Crippen molar-refractivity contribution in [2.45, 2.75) is 59.3 Å². The van der Waals surface area contributed by atoms with Gasteiger partial charge in [-0.3, -0.25) is 0 Å². The maximum atomic E-state index is 5.67. The Bertz CT molecular complexity index is 121. The zero-order valence-electron chi connectivity index (χ0n) is 13.2. The monoisotopic (exact) mass is 254 g/mol. The number of unbranched alkanes of at least 4 members (excludes halogenated alkanes) is 3. The number of hydrogen-bond donors (Lipinski definition) is 0. The summed E-state index contributed by atoms with van der Waals surface area (Å²) in [5, 5.41) is 0. The molecule has 0 amide bonds. The van der Waals surface area contributed by atoms with Gasteiger partial charge < -0.3 is 12.8 Å². The predicted octanol–water partition coefficient (Wildman–Crippen LogP) is 0.538. The van der Waals surface area contributed by atoms with Gasteiger partial charge in [0.15, 0.2) is 0 Å². The van der Waals surface area contributed by atoms with Gasteiger partial charge in [0.2, 0.25) is 0 Å². The predicted molar refractivity (Wildman–Crippen MR) is 69.4 cm³/mol. The van der Waals surface area contributed by atoms with E-state index in [4.69, 9.17) is 11.4 Å². The molecule has 0 saturated heterocycles. The minimum absolute atomic E-state index is 0. The summed E-state index contributed by atoms with van der Waals surface area (Å²) < 4.78 is 17.0. The molecule has 0 spiro atoms. The van der Waals surface area contributed by atoms with Gasteiger partial charge >= 0.3 is 34.0 Å². The van der Waals surface area contributed by atoms with Crippen LogP contribution in [0.4, 0.5) is 0 Å². The number of rotatable bonds is 12. The van der Waals surface area contributed by atoms with Crippen molar-refractivity contribution in [3.05, 3.63) is 0 Å². The van der Waals surface area contributed by atoms with Crippen LogP contribution >= 0.6 is 0 Å². The zero-order valence-corrected chi connectivity index (χ0v) is 13.3. The molecule has 0 aliphatic rings. The summed E-state index contributed by atoms with van der Waals surface area (Å²) >= 11 is -1.83. The van der Waals surface area contributed by atoms with Crippen molar-refractivity contribution >= 4 is 15.1 Å². The first-order valence-electron chi connectivity index (χ1n) is 6.69. The molecule has 0 saturated carbocycles. The minimum Gasteiger partial charge on any atom is -1.00 e. The van der Waals surface area contributed by atoms with Crippen molar-refractivity contribution in [1.82, 2.24) is 0 Å². The Morgan fingerprint density at radius 1 is 0.706 bits per heavy atom. The van der Waals surface area contributed by atoms with Crippen LogP contribution in [0.15, 0.2) is 0 Å². The molecule has 98 valence electrons. The molecule has 0 radical (unpaired) electrons.